The maximum atomic E-state index is 11.8. The van der Waals surface area contributed by atoms with Crippen molar-refractivity contribution in [2.24, 2.45) is 0 Å². The zero-order chi connectivity index (χ0) is 12.0. The first-order valence-corrected chi connectivity index (χ1v) is 6.22. The fraction of sp³-hybridized carbons (Fsp3) is 0.917. The molecule has 0 bridgehead atoms. The minimum atomic E-state index is -0.0629. The van der Waals surface area contributed by atoms with E-state index in [2.05, 4.69) is 31.4 Å². The number of hydrogen-bond acceptors (Lipinski definition) is 3. The Kier molecular flexibility index (Phi) is 5.22. The van der Waals surface area contributed by atoms with Gasteiger partial charge in [0, 0.05) is 24.5 Å². The first-order chi connectivity index (χ1) is 7.59. The molecule has 2 N–H and O–H groups in total. The first-order valence-electron chi connectivity index (χ1n) is 6.22. The van der Waals surface area contributed by atoms with Crippen LogP contribution in [0.3, 0.4) is 0 Å². The third-order valence-electron chi connectivity index (χ3n) is 3.43. The predicted octanol–water partition coefficient (Wildman–Crippen LogP) is 1.06. The Morgan fingerprint density at radius 1 is 1.50 bits per heavy atom. The van der Waals surface area contributed by atoms with Crippen molar-refractivity contribution in [1.82, 2.24) is 10.6 Å². The maximum absolute atomic E-state index is 11.8. The average molecular weight is 228 g/mol. The molecule has 4 heteroatoms. The number of amides is 1. The van der Waals surface area contributed by atoms with E-state index in [1.54, 1.807) is 0 Å². The molecule has 16 heavy (non-hydrogen) atoms. The van der Waals surface area contributed by atoms with Gasteiger partial charge in [0.15, 0.2) is 0 Å². The highest BCUT2D eigenvalue weighted by Crippen LogP contribution is 2.14. The summed E-state index contributed by atoms with van der Waals surface area (Å²) in [5, 5.41) is 6.39. The SMILES string of the molecule is CCC(C)(CC)NC(=O)CC1COCCN1. The lowest BCUT2D eigenvalue weighted by molar-refractivity contribution is -0.124. The molecule has 0 aromatic heterocycles. The summed E-state index contributed by atoms with van der Waals surface area (Å²) < 4.78 is 5.32. The van der Waals surface area contributed by atoms with Gasteiger partial charge in [-0.25, -0.2) is 0 Å². The third-order valence-corrected chi connectivity index (χ3v) is 3.43. The maximum Gasteiger partial charge on any atom is 0.222 e. The molecule has 4 nitrogen and oxygen atoms in total. The van der Waals surface area contributed by atoms with Gasteiger partial charge in [-0.05, 0) is 19.8 Å². The Labute approximate surface area is 98.1 Å². The lowest BCUT2D eigenvalue weighted by Crippen LogP contribution is -2.49. The third kappa shape index (κ3) is 4.10. The van der Waals surface area contributed by atoms with Gasteiger partial charge in [-0.15, -0.1) is 0 Å². The topological polar surface area (TPSA) is 50.4 Å². The molecule has 1 aliphatic rings. The number of hydrogen-bond donors (Lipinski definition) is 2. The van der Waals surface area contributed by atoms with Gasteiger partial charge in [-0.1, -0.05) is 13.8 Å². The highest BCUT2D eigenvalue weighted by molar-refractivity contribution is 5.77. The minimum absolute atomic E-state index is 0.0629. The van der Waals surface area contributed by atoms with Gasteiger partial charge in [0.2, 0.25) is 5.91 Å². The summed E-state index contributed by atoms with van der Waals surface area (Å²) >= 11 is 0. The minimum Gasteiger partial charge on any atom is -0.378 e. The number of ether oxygens (including phenoxy) is 1. The van der Waals surface area contributed by atoms with E-state index in [-0.39, 0.29) is 17.5 Å². The Balaban J connectivity index is 2.34. The molecule has 0 aromatic rings. The molecule has 1 saturated heterocycles. The molecule has 0 radical (unpaired) electrons. The Hall–Kier alpha value is -0.610. The summed E-state index contributed by atoms with van der Waals surface area (Å²) in [7, 11) is 0. The number of morpholine rings is 1. The first kappa shape index (κ1) is 13.5. The highest BCUT2D eigenvalue weighted by atomic mass is 16.5. The Morgan fingerprint density at radius 3 is 2.69 bits per heavy atom. The van der Waals surface area contributed by atoms with E-state index in [4.69, 9.17) is 4.74 Å². The second kappa shape index (κ2) is 6.21. The summed E-state index contributed by atoms with van der Waals surface area (Å²) in [6.07, 6.45) is 2.43. The molecule has 1 aliphatic heterocycles. The molecule has 0 spiro atoms. The molecule has 1 rings (SSSR count). The Morgan fingerprint density at radius 2 is 2.19 bits per heavy atom. The van der Waals surface area contributed by atoms with Crippen LogP contribution in [0.1, 0.15) is 40.0 Å². The molecule has 1 amide bonds. The number of carbonyl (C=O) groups is 1. The largest absolute Gasteiger partial charge is 0.378 e. The molecule has 0 aromatic carbocycles. The van der Waals surface area contributed by atoms with Crippen LogP contribution in [0.25, 0.3) is 0 Å². The van der Waals surface area contributed by atoms with E-state index in [1.165, 1.54) is 0 Å². The van der Waals surface area contributed by atoms with Crippen LogP contribution in [-0.4, -0.2) is 37.2 Å². The second-order valence-electron chi connectivity index (χ2n) is 4.75. The van der Waals surface area contributed by atoms with Crippen LogP contribution in [0.2, 0.25) is 0 Å². The van der Waals surface area contributed by atoms with Gasteiger partial charge in [0.25, 0.3) is 0 Å². The van der Waals surface area contributed by atoms with Gasteiger partial charge >= 0.3 is 0 Å². The Bertz CT molecular complexity index is 221. The smallest absolute Gasteiger partial charge is 0.222 e. The van der Waals surface area contributed by atoms with Crippen LogP contribution in [0.15, 0.2) is 0 Å². The molecule has 0 saturated carbocycles. The molecule has 1 unspecified atom stereocenters. The zero-order valence-corrected chi connectivity index (χ0v) is 10.6. The summed E-state index contributed by atoms with van der Waals surface area (Å²) in [5.41, 5.74) is -0.0629. The summed E-state index contributed by atoms with van der Waals surface area (Å²) in [5.74, 6) is 0.120. The summed E-state index contributed by atoms with van der Waals surface area (Å²) in [4.78, 5) is 11.8. The van der Waals surface area contributed by atoms with Crippen LogP contribution in [0.5, 0.6) is 0 Å². The van der Waals surface area contributed by atoms with Gasteiger partial charge < -0.3 is 15.4 Å². The molecule has 1 heterocycles. The van der Waals surface area contributed by atoms with Gasteiger partial charge in [0.05, 0.1) is 13.2 Å². The van der Waals surface area contributed by atoms with Crippen LogP contribution in [-0.2, 0) is 9.53 Å². The summed E-state index contributed by atoms with van der Waals surface area (Å²) in [6.45, 7) is 8.53. The van der Waals surface area contributed by atoms with Crippen molar-refractivity contribution in [2.75, 3.05) is 19.8 Å². The fourth-order valence-corrected chi connectivity index (χ4v) is 1.79. The van der Waals surface area contributed by atoms with E-state index in [0.717, 1.165) is 26.0 Å². The number of nitrogens with one attached hydrogen (secondary N) is 2. The normalized spacial score (nSPS) is 21.8. The van der Waals surface area contributed by atoms with E-state index in [9.17, 15) is 4.79 Å². The van der Waals surface area contributed by atoms with Crippen molar-refractivity contribution in [1.29, 1.82) is 0 Å². The fourth-order valence-electron chi connectivity index (χ4n) is 1.79. The van der Waals surface area contributed by atoms with E-state index in [0.29, 0.717) is 13.0 Å². The van der Waals surface area contributed by atoms with Crippen molar-refractivity contribution in [3.05, 3.63) is 0 Å². The van der Waals surface area contributed by atoms with Crippen molar-refractivity contribution in [2.45, 2.75) is 51.6 Å². The standard InChI is InChI=1S/C12H24N2O2/c1-4-12(3,5-2)14-11(15)8-10-9-16-7-6-13-10/h10,13H,4-9H2,1-3H3,(H,14,15). The lowest BCUT2D eigenvalue weighted by Gasteiger charge is -2.30. The van der Waals surface area contributed by atoms with E-state index in [1.807, 2.05) is 0 Å². The average Bonchev–Trinajstić information content (AvgIpc) is 2.30. The summed E-state index contributed by atoms with van der Waals surface area (Å²) in [6, 6.07) is 0.173. The van der Waals surface area contributed by atoms with Crippen molar-refractivity contribution in [3.63, 3.8) is 0 Å². The quantitative estimate of drug-likeness (QED) is 0.740. The van der Waals surface area contributed by atoms with E-state index >= 15 is 0 Å². The van der Waals surface area contributed by atoms with Crippen LogP contribution < -0.4 is 10.6 Å². The molecule has 1 fully saturated rings. The molecule has 0 aliphatic carbocycles. The van der Waals surface area contributed by atoms with Gasteiger partial charge in [0.1, 0.15) is 0 Å². The molecular formula is C12H24N2O2. The highest BCUT2D eigenvalue weighted by Gasteiger charge is 2.24. The van der Waals surface area contributed by atoms with Crippen LogP contribution >= 0.6 is 0 Å². The second-order valence-corrected chi connectivity index (χ2v) is 4.75. The van der Waals surface area contributed by atoms with Crippen molar-refractivity contribution < 1.29 is 9.53 Å². The lowest BCUT2D eigenvalue weighted by atomic mass is 9.95. The zero-order valence-electron chi connectivity index (χ0n) is 10.6. The number of carbonyl (C=O) groups excluding carboxylic acids is 1. The van der Waals surface area contributed by atoms with Crippen molar-refractivity contribution in [3.8, 4) is 0 Å². The van der Waals surface area contributed by atoms with Crippen molar-refractivity contribution >= 4 is 5.91 Å². The van der Waals surface area contributed by atoms with Gasteiger partial charge in [-0.2, -0.15) is 0 Å². The number of rotatable bonds is 5. The molecule has 1 atom stereocenters. The van der Waals surface area contributed by atoms with Crippen LogP contribution in [0.4, 0.5) is 0 Å². The molecule has 94 valence electrons. The molecular weight excluding hydrogens is 204 g/mol. The predicted molar refractivity (Wildman–Crippen MR) is 64.4 cm³/mol. The monoisotopic (exact) mass is 228 g/mol. The van der Waals surface area contributed by atoms with Crippen LogP contribution in [0, 0.1) is 0 Å². The van der Waals surface area contributed by atoms with Gasteiger partial charge in [-0.3, -0.25) is 4.79 Å². The van der Waals surface area contributed by atoms with E-state index < -0.39 is 0 Å².